The van der Waals surface area contributed by atoms with Crippen LogP contribution in [0.4, 0.5) is 17.3 Å². The van der Waals surface area contributed by atoms with E-state index in [1.807, 2.05) is 6.07 Å². The summed E-state index contributed by atoms with van der Waals surface area (Å²) in [5.74, 6) is 3.25. The molecule has 2 aromatic rings. The number of fused-ring (bicyclic) bond motifs is 1. The fraction of sp³-hybridized carbons (Fsp3) is 0.500. The zero-order valence-electron chi connectivity index (χ0n) is 18.6. The number of anilines is 3. The smallest absolute Gasteiger partial charge is 0.231 e. The second-order valence-corrected chi connectivity index (χ2v) is 8.70. The first kappa shape index (κ1) is 20.9. The molecule has 0 saturated carbocycles. The molecular weight excluding hydrogens is 404 g/mol. The van der Waals surface area contributed by atoms with Crippen LogP contribution in [0.15, 0.2) is 36.2 Å². The van der Waals surface area contributed by atoms with Gasteiger partial charge >= 0.3 is 0 Å². The fourth-order valence-corrected chi connectivity index (χ4v) is 4.67. The predicted octanol–water partition coefficient (Wildman–Crippen LogP) is 3.41. The summed E-state index contributed by atoms with van der Waals surface area (Å²) in [5.41, 5.74) is 9.90. The van der Waals surface area contributed by atoms with Crippen molar-refractivity contribution in [1.29, 1.82) is 0 Å². The molecule has 170 valence electrons. The van der Waals surface area contributed by atoms with Gasteiger partial charge in [0.25, 0.3) is 0 Å². The summed E-state index contributed by atoms with van der Waals surface area (Å²) < 4.78 is 10.9. The van der Waals surface area contributed by atoms with E-state index in [4.69, 9.17) is 15.2 Å². The molecule has 3 N–H and O–H groups in total. The van der Waals surface area contributed by atoms with Crippen LogP contribution >= 0.6 is 0 Å². The topological polar surface area (TPSA) is 88.8 Å². The maximum Gasteiger partial charge on any atom is 0.231 e. The van der Waals surface area contributed by atoms with Crippen molar-refractivity contribution in [2.75, 3.05) is 55.5 Å². The third kappa shape index (κ3) is 4.75. The van der Waals surface area contributed by atoms with E-state index in [2.05, 4.69) is 43.3 Å². The lowest BCUT2D eigenvalue weighted by Gasteiger charge is -2.36. The van der Waals surface area contributed by atoms with Crippen molar-refractivity contribution in [3.63, 3.8) is 0 Å². The van der Waals surface area contributed by atoms with Gasteiger partial charge in [-0.25, -0.2) is 9.97 Å². The molecule has 0 unspecified atom stereocenters. The first-order valence-corrected chi connectivity index (χ1v) is 11.6. The van der Waals surface area contributed by atoms with Crippen LogP contribution < -0.4 is 25.4 Å². The molecule has 0 atom stereocenters. The Morgan fingerprint density at radius 3 is 2.75 bits per heavy atom. The van der Waals surface area contributed by atoms with Gasteiger partial charge in [0.1, 0.15) is 12.0 Å². The molecule has 1 aromatic heterocycles. The Labute approximate surface area is 189 Å². The van der Waals surface area contributed by atoms with E-state index in [1.54, 1.807) is 11.9 Å². The number of aromatic nitrogens is 2. The Morgan fingerprint density at radius 2 is 1.91 bits per heavy atom. The van der Waals surface area contributed by atoms with E-state index in [9.17, 15) is 0 Å². The van der Waals surface area contributed by atoms with E-state index < -0.39 is 0 Å². The number of nitrogens with zero attached hydrogens (tertiary/aromatic N) is 4. The maximum absolute atomic E-state index is 6.46. The maximum atomic E-state index is 6.46. The largest absolute Gasteiger partial charge is 0.454 e. The van der Waals surface area contributed by atoms with E-state index in [0.717, 1.165) is 68.8 Å². The van der Waals surface area contributed by atoms with Gasteiger partial charge in [-0.15, -0.1) is 0 Å². The monoisotopic (exact) mass is 436 g/mol. The molecule has 32 heavy (non-hydrogen) atoms. The minimum absolute atomic E-state index is 0.312. The number of nitrogens with one attached hydrogen (secondary N) is 1. The minimum Gasteiger partial charge on any atom is -0.454 e. The molecule has 1 aromatic carbocycles. The van der Waals surface area contributed by atoms with Gasteiger partial charge in [-0.3, -0.25) is 4.90 Å². The fourth-order valence-electron chi connectivity index (χ4n) is 4.67. The number of rotatable bonds is 7. The third-order valence-corrected chi connectivity index (χ3v) is 6.50. The lowest BCUT2D eigenvalue weighted by molar-refractivity contribution is 0.174. The molecule has 3 aliphatic rings. The molecule has 0 amide bonds. The highest BCUT2D eigenvalue weighted by Crippen LogP contribution is 2.33. The summed E-state index contributed by atoms with van der Waals surface area (Å²) in [6.45, 7) is 5.74. The van der Waals surface area contributed by atoms with Gasteiger partial charge in [-0.1, -0.05) is 17.7 Å². The Morgan fingerprint density at radius 1 is 1.03 bits per heavy atom. The number of nitrogen functional groups attached to an aromatic ring is 1. The summed E-state index contributed by atoms with van der Waals surface area (Å²) >= 11 is 0. The van der Waals surface area contributed by atoms with Gasteiger partial charge in [0.05, 0.1) is 0 Å². The van der Waals surface area contributed by atoms with Crippen molar-refractivity contribution >= 4 is 17.3 Å². The van der Waals surface area contributed by atoms with Gasteiger partial charge in [-0.2, -0.15) is 0 Å². The highest BCUT2D eigenvalue weighted by molar-refractivity contribution is 5.75. The summed E-state index contributed by atoms with van der Waals surface area (Å²) in [5, 5.41) is 3.43. The summed E-state index contributed by atoms with van der Waals surface area (Å²) in [4.78, 5) is 13.6. The Hall–Kier alpha value is -3.00. The quantitative estimate of drug-likeness (QED) is 0.639. The lowest BCUT2D eigenvalue weighted by atomic mass is 9.97. The van der Waals surface area contributed by atoms with Gasteiger partial charge in [0.2, 0.25) is 6.79 Å². The van der Waals surface area contributed by atoms with E-state index >= 15 is 0 Å². The number of hydrogen-bond donors (Lipinski definition) is 2. The van der Waals surface area contributed by atoms with Crippen molar-refractivity contribution in [2.45, 2.75) is 38.6 Å². The Balaban J connectivity index is 1.15. The van der Waals surface area contributed by atoms with Crippen molar-refractivity contribution in [2.24, 2.45) is 0 Å². The second-order valence-electron chi connectivity index (χ2n) is 8.70. The zero-order chi connectivity index (χ0) is 21.8. The minimum atomic E-state index is 0.312. The van der Waals surface area contributed by atoms with Crippen LogP contribution in [0.25, 0.3) is 0 Å². The molecule has 2 aliphatic heterocycles. The van der Waals surface area contributed by atoms with Crippen molar-refractivity contribution in [3.05, 3.63) is 41.7 Å². The van der Waals surface area contributed by atoms with Gasteiger partial charge < -0.3 is 25.4 Å². The standard InChI is InChI=1S/C24H32N6O2/c25-22-23(26-9-8-18-4-2-1-3-5-18)27-16-28-24(22)30-12-10-29(11-13-30)15-19-6-7-20-21(14-19)32-17-31-20/h4,6-7,14,16H,1-3,5,8-13,15,17,25H2,(H,26,27,28). The van der Waals surface area contributed by atoms with Crippen molar-refractivity contribution in [1.82, 2.24) is 14.9 Å². The number of allylic oxidation sites excluding steroid dienone is 1. The van der Waals surface area contributed by atoms with Crippen LogP contribution in [-0.2, 0) is 6.54 Å². The van der Waals surface area contributed by atoms with Crippen LogP contribution in [0, 0.1) is 0 Å². The molecule has 8 nitrogen and oxygen atoms in total. The molecule has 1 fully saturated rings. The highest BCUT2D eigenvalue weighted by Gasteiger charge is 2.22. The molecular formula is C24H32N6O2. The SMILES string of the molecule is Nc1c(NCCC2=CCCCC2)ncnc1N1CCN(Cc2ccc3c(c2)OCO3)CC1. The first-order chi connectivity index (χ1) is 15.8. The lowest BCUT2D eigenvalue weighted by Crippen LogP contribution is -2.46. The average molecular weight is 437 g/mol. The summed E-state index contributed by atoms with van der Waals surface area (Å²) in [6, 6.07) is 6.19. The average Bonchev–Trinajstić information content (AvgIpc) is 3.30. The number of piperazine rings is 1. The molecule has 0 spiro atoms. The number of ether oxygens (including phenoxy) is 2. The van der Waals surface area contributed by atoms with Crippen LogP contribution in [-0.4, -0.2) is 54.4 Å². The summed E-state index contributed by atoms with van der Waals surface area (Å²) in [7, 11) is 0. The molecule has 1 saturated heterocycles. The van der Waals surface area contributed by atoms with Crippen molar-refractivity contribution in [3.8, 4) is 11.5 Å². The third-order valence-electron chi connectivity index (χ3n) is 6.50. The highest BCUT2D eigenvalue weighted by atomic mass is 16.7. The normalized spacial score (nSPS) is 18.5. The van der Waals surface area contributed by atoms with Crippen LogP contribution in [0.5, 0.6) is 11.5 Å². The van der Waals surface area contributed by atoms with E-state index in [-0.39, 0.29) is 0 Å². The molecule has 3 heterocycles. The molecule has 5 rings (SSSR count). The van der Waals surface area contributed by atoms with Crippen LogP contribution in [0.3, 0.4) is 0 Å². The zero-order valence-corrected chi connectivity index (χ0v) is 18.6. The molecule has 8 heteroatoms. The number of hydrogen-bond acceptors (Lipinski definition) is 8. The Kier molecular flexibility index (Phi) is 6.29. The van der Waals surface area contributed by atoms with E-state index in [1.165, 1.54) is 31.2 Å². The number of nitrogens with two attached hydrogens (primary N) is 1. The Bertz CT molecular complexity index is 971. The first-order valence-electron chi connectivity index (χ1n) is 11.6. The predicted molar refractivity (Wildman–Crippen MR) is 126 cm³/mol. The number of benzene rings is 1. The molecule has 1 aliphatic carbocycles. The van der Waals surface area contributed by atoms with E-state index in [0.29, 0.717) is 12.5 Å². The van der Waals surface area contributed by atoms with Gasteiger partial charge in [0, 0.05) is 39.3 Å². The molecule has 0 bridgehead atoms. The second kappa shape index (κ2) is 9.65. The van der Waals surface area contributed by atoms with Crippen LogP contribution in [0.1, 0.15) is 37.7 Å². The summed E-state index contributed by atoms with van der Waals surface area (Å²) in [6.07, 6.45) is 10.1. The van der Waals surface area contributed by atoms with Gasteiger partial charge in [0.15, 0.2) is 23.1 Å². The van der Waals surface area contributed by atoms with Gasteiger partial charge in [-0.05, 0) is 49.8 Å². The molecule has 0 radical (unpaired) electrons. The van der Waals surface area contributed by atoms with Crippen LogP contribution in [0.2, 0.25) is 0 Å². The van der Waals surface area contributed by atoms with Crippen molar-refractivity contribution < 1.29 is 9.47 Å².